The van der Waals surface area contributed by atoms with Gasteiger partial charge in [-0.25, -0.2) is 16.4 Å². The zero-order valence-corrected chi connectivity index (χ0v) is 8.89. The van der Waals surface area contributed by atoms with E-state index in [2.05, 4.69) is 0 Å². The van der Waals surface area contributed by atoms with E-state index in [1.807, 2.05) is 0 Å². The molecule has 96 valence electrons. The van der Waals surface area contributed by atoms with Gasteiger partial charge in [-0.05, 0) is 0 Å². The van der Waals surface area contributed by atoms with Crippen LogP contribution in [0, 0.1) is 0 Å². The second-order valence-electron chi connectivity index (χ2n) is 0.429. The minimum atomic E-state index is -6.61. The van der Waals surface area contributed by atoms with E-state index in [-0.39, 0.29) is 65.3 Å². The van der Waals surface area contributed by atoms with Gasteiger partial charge in [-0.1, -0.05) is 0 Å². The Balaban J connectivity index is -0.00000000222. The molecule has 0 radical (unpaired) electrons. The fourth-order valence-corrected chi connectivity index (χ4v) is 0. The molecule has 0 saturated carbocycles. The third-order valence-corrected chi connectivity index (χ3v) is 0. The first kappa shape index (κ1) is 136. The second kappa shape index (κ2) is 50.6. The summed E-state index contributed by atoms with van der Waals surface area (Å²) in [5.74, 6) is 0. The summed E-state index contributed by atoms with van der Waals surface area (Å²) in [5, 5.41) is 0. The molecule has 0 rings (SSSR count). The summed E-state index contributed by atoms with van der Waals surface area (Å²) in [4.78, 5) is 0. The van der Waals surface area contributed by atoms with E-state index in [1.54, 1.807) is 0 Å². The van der Waals surface area contributed by atoms with Crippen LogP contribution in [-0.2, 0) is 0 Å². The minimum Gasteiger partial charge on any atom is -1.00 e. The van der Waals surface area contributed by atoms with E-state index in [4.69, 9.17) is 0 Å². The predicted molar refractivity (Wildman–Crippen MR) is 37.6 cm³/mol. The number of hydrogen-bond donors (Lipinski definition) is 0. The van der Waals surface area contributed by atoms with Gasteiger partial charge in [0.2, 0.25) is 0 Å². The van der Waals surface area contributed by atoms with Crippen molar-refractivity contribution in [3.05, 3.63) is 0 Å². The van der Waals surface area contributed by atoms with Crippen molar-refractivity contribution in [3.63, 3.8) is 0 Å². The maximum Gasteiger partial charge on any atom is 2.00 e. The van der Waals surface area contributed by atoms with Crippen molar-refractivity contribution in [2.45, 2.75) is 0 Å². The van der Waals surface area contributed by atoms with Crippen LogP contribution in [0.5, 0.6) is 0 Å². The van der Waals surface area contributed by atoms with Gasteiger partial charge < -0.3 is 42.3 Å². The van der Waals surface area contributed by atoms with Crippen molar-refractivity contribution in [1.82, 2.24) is 0 Å². The first-order valence-corrected chi connectivity index (χ1v) is 2.27. The van der Waals surface area contributed by atoms with Crippen molar-refractivity contribution >= 4 is 32.5 Å². The molecule has 0 bridgehead atoms. The Morgan fingerprint density at radius 1 is 0.500 bits per heavy atom. The summed E-state index contributed by atoms with van der Waals surface area (Å²) in [7, 11) is -6.61. The molecule has 6 nitrogen and oxygen atoms in total. The molecule has 0 atom stereocenters. The molecule has 0 aromatic heterocycles. The average Bonchev–Trinajstić information content (AvgIpc) is 0.722. The summed E-state index contributed by atoms with van der Waals surface area (Å²) in [6, 6.07) is 0. The van der Waals surface area contributed by atoms with Gasteiger partial charge in [-0.15, -0.1) is 0 Å². The van der Waals surface area contributed by atoms with Crippen molar-refractivity contribution in [3.8, 4) is 0 Å². The van der Waals surface area contributed by atoms with Gasteiger partial charge in [-0.2, -0.15) is 0 Å². The van der Waals surface area contributed by atoms with Crippen LogP contribution >= 0.6 is 0 Å². The quantitative estimate of drug-likeness (QED) is 0.230. The Morgan fingerprint density at radius 2 is 0.500 bits per heavy atom. The standard InChI is InChI=1S/F4Si.2FH.Mg.6H2O/c1-5(2,3)4;;;;;;;;;/h;2*1H;;6*1H2/q;;;+2;;;;;;/p-2. The minimum absolute atomic E-state index is 0. The van der Waals surface area contributed by atoms with Crippen molar-refractivity contribution in [1.29, 1.82) is 0 Å². The predicted octanol–water partition coefficient (Wildman–Crippen LogP) is -10.0. The maximum atomic E-state index is 9.83. The van der Waals surface area contributed by atoms with E-state index < -0.39 is 9.41 Å². The molecule has 0 amide bonds. The van der Waals surface area contributed by atoms with E-state index in [0.717, 1.165) is 0 Å². The molecule has 0 aromatic rings. The Kier molecular flexibility index (Phi) is 492. The molecule has 0 aliphatic heterocycles. The van der Waals surface area contributed by atoms with E-state index in [9.17, 15) is 16.4 Å². The molecular weight excluding hydrogens is 262 g/mol. The monoisotopic (exact) mass is 274 g/mol. The largest absolute Gasteiger partial charge is 2.00 e. The molecule has 0 fully saturated rings. The van der Waals surface area contributed by atoms with Crippen molar-refractivity contribution in [2.75, 3.05) is 0 Å². The summed E-state index contributed by atoms with van der Waals surface area (Å²) < 4.78 is 39.3. The van der Waals surface area contributed by atoms with Crippen LogP contribution in [0.3, 0.4) is 0 Å². The summed E-state index contributed by atoms with van der Waals surface area (Å²) in [6.45, 7) is 0. The van der Waals surface area contributed by atoms with Gasteiger partial charge in [-0.3, -0.25) is 0 Å². The molecule has 0 heterocycles. The molecule has 0 spiro atoms. The van der Waals surface area contributed by atoms with Crippen LogP contribution < -0.4 is 9.41 Å². The number of halogens is 6. The Bertz CT molecular complexity index is 37.8. The number of hydrogen-bond acceptors (Lipinski definition) is 0. The van der Waals surface area contributed by atoms with Gasteiger partial charge in [0.1, 0.15) is 0 Å². The van der Waals surface area contributed by atoms with Crippen LogP contribution in [-0.4, -0.2) is 65.3 Å². The third-order valence-electron chi connectivity index (χ3n) is 0. The molecule has 0 unspecified atom stereocenters. The fourth-order valence-electron chi connectivity index (χ4n) is 0. The SMILES string of the molecule is F[Si](F)(F)F.O.O.O.O.O.O.[F-].[F-].[Mg+2]. The summed E-state index contributed by atoms with van der Waals surface area (Å²) in [6.07, 6.45) is 0. The van der Waals surface area contributed by atoms with Crippen molar-refractivity contribution < 1.29 is 58.7 Å². The van der Waals surface area contributed by atoms with Crippen LogP contribution in [0.15, 0.2) is 0 Å². The first-order chi connectivity index (χ1) is 2.00. The molecule has 0 aromatic carbocycles. The fraction of sp³-hybridized carbons (Fsp3) is 0. The summed E-state index contributed by atoms with van der Waals surface area (Å²) >= 11 is 0. The van der Waals surface area contributed by atoms with Crippen LogP contribution in [0.1, 0.15) is 0 Å². The normalized spacial score (nSPS) is 4.29. The summed E-state index contributed by atoms with van der Waals surface area (Å²) in [5.41, 5.74) is 0. The maximum absolute atomic E-state index is 9.83. The molecule has 14 heavy (non-hydrogen) atoms. The molecule has 14 heteroatoms. The Labute approximate surface area is 91.7 Å². The molecule has 0 saturated heterocycles. The van der Waals surface area contributed by atoms with E-state index >= 15 is 0 Å². The second-order valence-corrected chi connectivity index (χ2v) is 1.29. The average molecular weight is 274 g/mol. The first-order valence-electron chi connectivity index (χ1n) is 0.756. The third kappa shape index (κ3) is 15100. The Morgan fingerprint density at radius 3 is 0.500 bits per heavy atom. The zero-order chi connectivity index (χ0) is 4.50. The molecule has 12 N–H and O–H groups in total. The van der Waals surface area contributed by atoms with E-state index in [0.29, 0.717) is 0 Å². The van der Waals surface area contributed by atoms with Crippen LogP contribution in [0.25, 0.3) is 0 Å². The smallest absolute Gasteiger partial charge is 1.00 e. The topological polar surface area (TPSA) is 189 Å². The van der Waals surface area contributed by atoms with Gasteiger partial charge in [0.05, 0.1) is 0 Å². The zero-order valence-electron chi connectivity index (χ0n) is 6.47. The van der Waals surface area contributed by atoms with Crippen molar-refractivity contribution in [2.24, 2.45) is 0 Å². The van der Waals surface area contributed by atoms with Gasteiger partial charge in [0.25, 0.3) is 0 Å². The van der Waals surface area contributed by atoms with Crippen LogP contribution in [0.4, 0.5) is 16.4 Å². The molecule has 0 aliphatic carbocycles. The Hall–Kier alpha value is 0.323. The van der Waals surface area contributed by atoms with E-state index in [1.165, 1.54) is 0 Å². The van der Waals surface area contributed by atoms with Gasteiger partial charge >= 0.3 is 32.5 Å². The number of rotatable bonds is 0. The van der Waals surface area contributed by atoms with Gasteiger partial charge in [0.15, 0.2) is 0 Å². The molecular formula is H12F6MgO6Si. The molecule has 0 aliphatic rings. The van der Waals surface area contributed by atoms with Gasteiger partial charge in [0, 0.05) is 0 Å². The van der Waals surface area contributed by atoms with Crippen LogP contribution in [0.2, 0.25) is 0 Å².